The molecule has 2 aromatic rings. The van der Waals surface area contributed by atoms with Crippen LogP contribution in [0.4, 0.5) is 5.69 Å². The Bertz CT molecular complexity index is 658. The van der Waals surface area contributed by atoms with Gasteiger partial charge in [0, 0.05) is 30.9 Å². The van der Waals surface area contributed by atoms with Crippen LogP contribution >= 0.6 is 0 Å². The first-order valence-corrected chi connectivity index (χ1v) is 8.43. The number of hydrogen-bond donors (Lipinski definition) is 0. The van der Waals surface area contributed by atoms with Gasteiger partial charge in [-0.2, -0.15) is 0 Å². The van der Waals surface area contributed by atoms with Crippen LogP contribution in [0, 0.1) is 0 Å². The standard InChI is InChI=1S/C20H26N3/c1-20(2,3)18-10-14-23(15-11-18)21-16-17-6-8-19(9-7-17)22-12-4-5-13-22/h6-11,14-16H,4-5,12-13H2,1-3H3/q+1/b21-16+. The molecule has 1 aromatic heterocycles. The zero-order valence-corrected chi connectivity index (χ0v) is 14.4. The summed E-state index contributed by atoms with van der Waals surface area (Å²) < 4.78 is 1.85. The third-order valence-corrected chi connectivity index (χ3v) is 4.38. The van der Waals surface area contributed by atoms with E-state index in [-0.39, 0.29) is 5.41 Å². The number of anilines is 1. The lowest BCUT2D eigenvalue weighted by molar-refractivity contribution is -0.678. The van der Waals surface area contributed by atoms with Gasteiger partial charge in [-0.1, -0.05) is 37.6 Å². The maximum atomic E-state index is 4.50. The lowest BCUT2D eigenvalue weighted by atomic mass is 9.88. The predicted octanol–water partition coefficient (Wildman–Crippen LogP) is 3.75. The molecule has 3 nitrogen and oxygen atoms in total. The van der Waals surface area contributed by atoms with Crippen LogP contribution in [0.25, 0.3) is 0 Å². The molecule has 1 aliphatic heterocycles. The van der Waals surface area contributed by atoms with Gasteiger partial charge < -0.3 is 4.90 Å². The molecule has 0 bridgehead atoms. The zero-order valence-electron chi connectivity index (χ0n) is 14.4. The molecule has 3 rings (SSSR count). The lowest BCUT2D eigenvalue weighted by Gasteiger charge is -2.17. The molecule has 0 N–H and O–H groups in total. The first-order chi connectivity index (χ1) is 11.0. The van der Waals surface area contributed by atoms with E-state index in [1.54, 1.807) is 0 Å². The van der Waals surface area contributed by atoms with Crippen LogP contribution in [-0.2, 0) is 5.41 Å². The molecule has 120 valence electrons. The second-order valence-corrected chi connectivity index (χ2v) is 7.25. The fourth-order valence-electron chi connectivity index (χ4n) is 2.88. The predicted molar refractivity (Wildman–Crippen MR) is 96.2 cm³/mol. The molecule has 0 radical (unpaired) electrons. The van der Waals surface area contributed by atoms with Crippen molar-refractivity contribution in [2.75, 3.05) is 18.0 Å². The van der Waals surface area contributed by atoms with Gasteiger partial charge in [-0.05, 0) is 46.6 Å². The molecule has 3 heteroatoms. The highest BCUT2D eigenvalue weighted by Crippen LogP contribution is 2.21. The second-order valence-electron chi connectivity index (χ2n) is 7.25. The Hall–Kier alpha value is -2.16. The number of aromatic nitrogens is 1. The SMILES string of the molecule is CC(C)(C)c1cc[n+](/N=C/c2ccc(N3CCCC3)cc2)cc1. The van der Waals surface area contributed by atoms with E-state index >= 15 is 0 Å². The summed E-state index contributed by atoms with van der Waals surface area (Å²) in [6.45, 7) is 9.03. The van der Waals surface area contributed by atoms with Crippen molar-refractivity contribution in [1.29, 1.82) is 0 Å². The van der Waals surface area contributed by atoms with E-state index in [4.69, 9.17) is 0 Å². The van der Waals surface area contributed by atoms with Gasteiger partial charge >= 0.3 is 0 Å². The van der Waals surface area contributed by atoms with Crippen molar-refractivity contribution in [2.45, 2.75) is 39.0 Å². The van der Waals surface area contributed by atoms with Crippen molar-refractivity contribution >= 4 is 11.9 Å². The van der Waals surface area contributed by atoms with Crippen LogP contribution in [0.5, 0.6) is 0 Å². The van der Waals surface area contributed by atoms with Crippen molar-refractivity contribution in [3.05, 3.63) is 59.9 Å². The maximum absolute atomic E-state index is 4.50. The molecule has 0 saturated carbocycles. The van der Waals surface area contributed by atoms with Crippen LogP contribution < -0.4 is 9.58 Å². The third-order valence-electron chi connectivity index (χ3n) is 4.38. The Balaban J connectivity index is 1.67. The zero-order chi connectivity index (χ0) is 16.3. The van der Waals surface area contributed by atoms with Gasteiger partial charge in [-0.15, -0.1) is 0 Å². The van der Waals surface area contributed by atoms with Crippen molar-refractivity contribution in [2.24, 2.45) is 5.10 Å². The minimum Gasteiger partial charge on any atom is -0.372 e. The molecule has 1 aliphatic rings. The van der Waals surface area contributed by atoms with Gasteiger partial charge in [0.2, 0.25) is 12.4 Å². The summed E-state index contributed by atoms with van der Waals surface area (Å²) in [7, 11) is 0. The van der Waals surface area contributed by atoms with Crippen LogP contribution in [0.15, 0.2) is 53.9 Å². The van der Waals surface area contributed by atoms with E-state index in [1.165, 1.54) is 37.2 Å². The fraction of sp³-hybridized carbons (Fsp3) is 0.400. The van der Waals surface area contributed by atoms with Crippen LogP contribution in [0.1, 0.15) is 44.7 Å². The summed E-state index contributed by atoms with van der Waals surface area (Å²) in [6.07, 6.45) is 8.55. The van der Waals surface area contributed by atoms with Crippen LogP contribution in [-0.4, -0.2) is 19.3 Å². The summed E-state index contributed by atoms with van der Waals surface area (Å²) in [6, 6.07) is 12.9. The van der Waals surface area contributed by atoms with E-state index < -0.39 is 0 Å². The Kier molecular flexibility index (Phi) is 4.46. The Morgan fingerprint density at radius 1 is 0.957 bits per heavy atom. The molecule has 2 heterocycles. The van der Waals surface area contributed by atoms with E-state index in [0.29, 0.717) is 0 Å². The highest BCUT2D eigenvalue weighted by molar-refractivity contribution is 5.79. The minimum atomic E-state index is 0.175. The lowest BCUT2D eigenvalue weighted by Crippen LogP contribution is -2.27. The first kappa shape index (κ1) is 15.7. The molecular weight excluding hydrogens is 282 g/mol. The minimum absolute atomic E-state index is 0.175. The average molecular weight is 308 g/mol. The number of nitrogens with zero attached hydrogens (tertiary/aromatic N) is 3. The molecular formula is C20H26N3+. The van der Waals surface area contributed by atoms with Gasteiger partial charge in [0.1, 0.15) is 6.21 Å². The van der Waals surface area contributed by atoms with Crippen molar-refractivity contribution < 1.29 is 4.68 Å². The molecule has 0 unspecified atom stereocenters. The summed E-state index contributed by atoms with van der Waals surface area (Å²) in [5.41, 5.74) is 3.94. The fourth-order valence-corrected chi connectivity index (χ4v) is 2.88. The second kappa shape index (κ2) is 6.53. The number of benzene rings is 1. The Morgan fingerprint density at radius 3 is 2.13 bits per heavy atom. The monoisotopic (exact) mass is 308 g/mol. The Morgan fingerprint density at radius 2 is 1.57 bits per heavy atom. The topological polar surface area (TPSA) is 19.5 Å². The van der Waals surface area contributed by atoms with E-state index in [2.05, 4.69) is 67.2 Å². The molecule has 0 atom stereocenters. The summed E-state index contributed by atoms with van der Waals surface area (Å²) in [5.74, 6) is 0. The van der Waals surface area contributed by atoms with Crippen LogP contribution in [0.3, 0.4) is 0 Å². The number of rotatable bonds is 3. The largest absolute Gasteiger partial charge is 0.372 e. The van der Waals surface area contributed by atoms with Gasteiger partial charge in [-0.3, -0.25) is 0 Å². The number of hydrogen-bond acceptors (Lipinski definition) is 2. The summed E-state index contributed by atoms with van der Waals surface area (Å²) >= 11 is 0. The molecule has 1 aromatic carbocycles. The highest BCUT2D eigenvalue weighted by atomic mass is 15.3. The molecule has 0 amide bonds. The summed E-state index contributed by atoms with van der Waals surface area (Å²) in [5, 5.41) is 4.50. The molecule has 1 fully saturated rings. The maximum Gasteiger partial charge on any atom is 0.202 e. The van der Waals surface area contributed by atoms with Crippen molar-refractivity contribution in [3.8, 4) is 0 Å². The van der Waals surface area contributed by atoms with E-state index in [9.17, 15) is 0 Å². The van der Waals surface area contributed by atoms with Crippen molar-refractivity contribution in [1.82, 2.24) is 0 Å². The molecule has 0 spiro atoms. The molecule has 0 aliphatic carbocycles. The van der Waals surface area contributed by atoms with E-state index in [1.807, 2.05) is 23.3 Å². The van der Waals surface area contributed by atoms with Gasteiger partial charge in [-0.25, -0.2) is 0 Å². The van der Waals surface area contributed by atoms with Gasteiger partial charge in [0.05, 0.1) is 0 Å². The highest BCUT2D eigenvalue weighted by Gasteiger charge is 2.14. The first-order valence-electron chi connectivity index (χ1n) is 8.43. The smallest absolute Gasteiger partial charge is 0.202 e. The quantitative estimate of drug-likeness (QED) is 0.624. The average Bonchev–Trinajstić information content (AvgIpc) is 3.07. The van der Waals surface area contributed by atoms with E-state index in [0.717, 1.165) is 5.56 Å². The Labute approximate surface area is 139 Å². The van der Waals surface area contributed by atoms with Crippen molar-refractivity contribution in [3.63, 3.8) is 0 Å². The number of pyridine rings is 1. The third kappa shape index (κ3) is 3.98. The molecule has 23 heavy (non-hydrogen) atoms. The molecule has 1 saturated heterocycles. The van der Waals surface area contributed by atoms with Gasteiger partial charge in [0.15, 0.2) is 0 Å². The van der Waals surface area contributed by atoms with Gasteiger partial charge in [0.25, 0.3) is 0 Å². The van der Waals surface area contributed by atoms with Crippen LogP contribution in [0.2, 0.25) is 0 Å². The normalized spacial score (nSPS) is 15.5. The summed E-state index contributed by atoms with van der Waals surface area (Å²) in [4.78, 5) is 2.45.